The van der Waals surface area contributed by atoms with Crippen molar-refractivity contribution in [1.29, 1.82) is 0 Å². The minimum absolute atomic E-state index is 0.0615. The number of rotatable bonds is 3. The first-order valence-corrected chi connectivity index (χ1v) is 5.78. The van der Waals surface area contributed by atoms with Crippen molar-refractivity contribution in [3.05, 3.63) is 33.9 Å². The molecule has 0 radical (unpaired) electrons. The van der Waals surface area contributed by atoms with E-state index in [9.17, 15) is 14.9 Å². The Morgan fingerprint density at radius 1 is 1.50 bits per heavy atom. The predicted molar refractivity (Wildman–Crippen MR) is 67.2 cm³/mol. The van der Waals surface area contributed by atoms with Gasteiger partial charge < -0.3 is 11.1 Å². The van der Waals surface area contributed by atoms with Gasteiger partial charge in [-0.3, -0.25) is 14.9 Å². The Balaban J connectivity index is 2.20. The number of nitrogens with two attached hydrogens (primary N) is 1. The molecule has 1 aliphatic carbocycles. The lowest BCUT2D eigenvalue weighted by atomic mass is 9.78. The molecular formula is C12H15N3O3. The van der Waals surface area contributed by atoms with E-state index in [1.165, 1.54) is 18.2 Å². The fraction of sp³-hybridized carbons (Fsp3) is 0.417. The number of amides is 1. The van der Waals surface area contributed by atoms with Gasteiger partial charge in [0.25, 0.3) is 11.6 Å². The summed E-state index contributed by atoms with van der Waals surface area (Å²) in [6.07, 6.45) is 2.98. The maximum absolute atomic E-state index is 12.0. The van der Waals surface area contributed by atoms with Crippen molar-refractivity contribution in [2.24, 2.45) is 0 Å². The van der Waals surface area contributed by atoms with Crippen molar-refractivity contribution in [2.45, 2.75) is 31.7 Å². The number of benzene rings is 1. The number of nitrogen functional groups attached to an aromatic ring is 1. The summed E-state index contributed by atoms with van der Waals surface area (Å²) in [5.41, 5.74) is 5.40. The smallest absolute Gasteiger partial charge is 0.292 e. The van der Waals surface area contributed by atoms with Gasteiger partial charge in [-0.05, 0) is 38.3 Å². The maximum atomic E-state index is 12.0. The molecule has 96 valence electrons. The van der Waals surface area contributed by atoms with E-state index in [2.05, 4.69) is 5.32 Å². The molecule has 0 heterocycles. The third-order valence-electron chi connectivity index (χ3n) is 3.36. The molecule has 6 nitrogen and oxygen atoms in total. The molecule has 0 unspecified atom stereocenters. The molecule has 18 heavy (non-hydrogen) atoms. The van der Waals surface area contributed by atoms with Crippen LogP contribution >= 0.6 is 0 Å². The van der Waals surface area contributed by atoms with Gasteiger partial charge in [0.05, 0.1) is 4.92 Å². The van der Waals surface area contributed by atoms with Crippen molar-refractivity contribution < 1.29 is 9.72 Å². The highest BCUT2D eigenvalue weighted by Crippen LogP contribution is 2.31. The van der Waals surface area contributed by atoms with Gasteiger partial charge in [-0.25, -0.2) is 0 Å². The van der Waals surface area contributed by atoms with Crippen molar-refractivity contribution >= 4 is 17.3 Å². The number of anilines is 1. The lowest BCUT2D eigenvalue weighted by Gasteiger charge is -2.39. The minimum Gasteiger partial charge on any atom is -0.393 e. The molecule has 1 fully saturated rings. The summed E-state index contributed by atoms with van der Waals surface area (Å²) in [4.78, 5) is 22.1. The first-order valence-electron chi connectivity index (χ1n) is 5.78. The summed E-state index contributed by atoms with van der Waals surface area (Å²) < 4.78 is 0. The number of carbonyl (C=O) groups excluding carboxylic acids is 1. The van der Waals surface area contributed by atoms with Crippen LogP contribution in [0.4, 0.5) is 11.4 Å². The zero-order valence-electron chi connectivity index (χ0n) is 10.1. The van der Waals surface area contributed by atoms with E-state index in [1.807, 2.05) is 6.92 Å². The average Bonchev–Trinajstić information content (AvgIpc) is 2.27. The Morgan fingerprint density at radius 3 is 2.67 bits per heavy atom. The summed E-state index contributed by atoms with van der Waals surface area (Å²) >= 11 is 0. The normalized spacial score (nSPS) is 16.7. The van der Waals surface area contributed by atoms with Crippen LogP contribution in [0.25, 0.3) is 0 Å². The Morgan fingerprint density at radius 2 is 2.17 bits per heavy atom. The van der Waals surface area contributed by atoms with Crippen LogP contribution in [0.15, 0.2) is 18.2 Å². The number of nitrogens with zero attached hydrogens (tertiary/aromatic N) is 1. The van der Waals surface area contributed by atoms with Crippen LogP contribution in [0.3, 0.4) is 0 Å². The van der Waals surface area contributed by atoms with E-state index in [0.29, 0.717) is 0 Å². The van der Waals surface area contributed by atoms with Gasteiger partial charge in [-0.15, -0.1) is 0 Å². The van der Waals surface area contributed by atoms with Gasteiger partial charge in [-0.1, -0.05) is 0 Å². The number of nitro benzene ring substituents is 1. The zero-order chi connectivity index (χ0) is 13.3. The molecule has 2 rings (SSSR count). The van der Waals surface area contributed by atoms with E-state index in [0.717, 1.165) is 19.3 Å². The van der Waals surface area contributed by atoms with Crippen LogP contribution in [0.1, 0.15) is 36.5 Å². The third-order valence-corrected chi connectivity index (χ3v) is 3.36. The molecule has 1 aromatic carbocycles. The van der Waals surface area contributed by atoms with Gasteiger partial charge >= 0.3 is 0 Å². The highest BCUT2D eigenvalue weighted by molar-refractivity contribution is 5.96. The fourth-order valence-electron chi connectivity index (χ4n) is 2.02. The molecule has 0 aromatic heterocycles. The van der Waals surface area contributed by atoms with Gasteiger partial charge in [0.15, 0.2) is 0 Å². The van der Waals surface area contributed by atoms with Gasteiger partial charge in [-0.2, -0.15) is 0 Å². The zero-order valence-corrected chi connectivity index (χ0v) is 10.1. The summed E-state index contributed by atoms with van der Waals surface area (Å²) in [6.45, 7) is 1.97. The van der Waals surface area contributed by atoms with Crippen molar-refractivity contribution in [3.8, 4) is 0 Å². The van der Waals surface area contributed by atoms with Crippen LogP contribution in [0.2, 0.25) is 0 Å². The molecule has 3 N–H and O–H groups in total. The Hall–Kier alpha value is -2.11. The lowest BCUT2D eigenvalue weighted by molar-refractivity contribution is -0.383. The van der Waals surface area contributed by atoms with Crippen molar-refractivity contribution in [2.75, 3.05) is 5.73 Å². The molecule has 1 amide bonds. The lowest BCUT2D eigenvalue weighted by Crippen LogP contribution is -2.50. The van der Waals surface area contributed by atoms with Crippen LogP contribution in [0.5, 0.6) is 0 Å². The molecule has 6 heteroatoms. The SMILES string of the molecule is CC1(NC(=O)c2ccc(N)c([N+](=O)[O-])c2)CCC1. The highest BCUT2D eigenvalue weighted by Gasteiger charge is 2.33. The molecule has 1 aromatic rings. The number of hydrogen-bond acceptors (Lipinski definition) is 4. The molecule has 1 aliphatic rings. The second kappa shape index (κ2) is 4.29. The standard InChI is InChI=1S/C12H15N3O3/c1-12(5-2-6-12)14-11(16)8-3-4-9(13)10(7-8)15(17)18/h3-4,7H,2,5-6,13H2,1H3,(H,14,16). The van der Waals surface area contributed by atoms with Gasteiger partial charge in [0.2, 0.25) is 0 Å². The molecule has 0 spiro atoms. The maximum Gasteiger partial charge on any atom is 0.292 e. The number of hydrogen-bond donors (Lipinski definition) is 2. The monoisotopic (exact) mass is 249 g/mol. The number of nitrogens with one attached hydrogen (secondary N) is 1. The minimum atomic E-state index is -0.586. The van der Waals surface area contributed by atoms with E-state index in [4.69, 9.17) is 5.73 Å². The van der Waals surface area contributed by atoms with Crippen LogP contribution in [-0.2, 0) is 0 Å². The van der Waals surface area contributed by atoms with Crippen molar-refractivity contribution in [1.82, 2.24) is 5.32 Å². The molecule has 0 atom stereocenters. The number of carbonyl (C=O) groups is 1. The topological polar surface area (TPSA) is 98.3 Å². The summed E-state index contributed by atoms with van der Waals surface area (Å²) in [5.74, 6) is -0.291. The highest BCUT2D eigenvalue weighted by atomic mass is 16.6. The quantitative estimate of drug-likeness (QED) is 0.485. The number of nitro groups is 1. The molecule has 0 saturated heterocycles. The second-order valence-corrected chi connectivity index (χ2v) is 4.90. The van der Waals surface area contributed by atoms with E-state index in [1.54, 1.807) is 0 Å². The molecule has 0 bridgehead atoms. The first-order chi connectivity index (χ1) is 8.41. The Labute approximate surface area is 104 Å². The predicted octanol–water partition coefficient (Wildman–Crippen LogP) is 1.85. The van der Waals surface area contributed by atoms with E-state index in [-0.39, 0.29) is 28.4 Å². The van der Waals surface area contributed by atoms with Gasteiger partial charge in [0, 0.05) is 17.2 Å². The van der Waals surface area contributed by atoms with E-state index < -0.39 is 4.92 Å². The Kier molecular flexibility index (Phi) is 2.94. The van der Waals surface area contributed by atoms with Crippen LogP contribution in [0, 0.1) is 10.1 Å². The first kappa shape index (κ1) is 12.3. The Bertz CT molecular complexity index is 509. The van der Waals surface area contributed by atoms with Crippen LogP contribution < -0.4 is 11.1 Å². The third kappa shape index (κ3) is 2.27. The summed E-state index contributed by atoms with van der Waals surface area (Å²) in [7, 11) is 0. The second-order valence-electron chi connectivity index (χ2n) is 4.90. The summed E-state index contributed by atoms with van der Waals surface area (Å²) in [6, 6.07) is 4.10. The summed E-state index contributed by atoms with van der Waals surface area (Å²) in [5, 5.41) is 13.6. The molecular weight excluding hydrogens is 234 g/mol. The molecule has 1 saturated carbocycles. The molecule has 0 aliphatic heterocycles. The van der Waals surface area contributed by atoms with Crippen molar-refractivity contribution in [3.63, 3.8) is 0 Å². The average molecular weight is 249 g/mol. The largest absolute Gasteiger partial charge is 0.393 e. The van der Waals surface area contributed by atoms with E-state index >= 15 is 0 Å². The van der Waals surface area contributed by atoms with Crippen LogP contribution in [-0.4, -0.2) is 16.4 Å². The van der Waals surface area contributed by atoms with Gasteiger partial charge in [0.1, 0.15) is 5.69 Å². The fourth-order valence-corrected chi connectivity index (χ4v) is 2.02.